The summed E-state index contributed by atoms with van der Waals surface area (Å²) >= 11 is 0. The van der Waals surface area contributed by atoms with Crippen LogP contribution >= 0.6 is 0 Å². The largest absolute Gasteiger partial charge is 0.496 e. The number of aryl methyl sites for hydroxylation is 1. The van der Waals surface area contributed by atoms with Gasteiger partial charge in [0.25, 0.3) is 0 Å². The Labute approximate surface area is 120 Å². The van der Waals surface area contributed by atoms with Crippen molar-refractivity contribution in [2.24, 2.45) is 0 Å². The van der Waals surface area contributed by atoms with Crippen LogP contribution in [-0.4, -0.2) is 13.7 Å². The summed E-state index contributed by atoms with van der Waals surface area (Å²) in [6.45, 7) is 5.47. The van der Waals surface area contributed by atoms with Crippen LogP contribution in [0.15, 0.2) is 42.5 Å². The number of hydrogen-bond donors (Lipinski definition) is 1. The number of benzene rings is 2. The molecule has 0 aliphatic carbocycles. The summed E-state index contributed by atoms with van der Waals surface area (Å²) in [5.41, 5.74) is 3.38. The fourth-order valence-corrected chi connectivity index (χ4v) is 2.14. The van der Waals surface area contributed by atoms with Gasteiger partial charge in [-0.15, -0.1) is 0 Å². The Kier molecular flexibility index (Phi) is 4.88. The molecule has 1 N–H and O–H groups in total. The van der Waals surface area contributed by atoms with Crippen LogP contribution in [0.3, 0.4) is 0 Å². The monoisotopic (exact) mass is 271 g/mol. The molecule has 0 heterocycles. The molecule has 0 amide bonds. The summed E-state index contributed by atoms with van der Waals surface area (Å²) in [5, 5.41) is 3.41. The SMILES string of the molecule is CCOc1ccccc1NCc1ccc(OC)c(C)c1. The Bertz CT molecular complexity index is 567. The second-order valence-corrected chi connectivity index (χ2v) is 4.59. The summed E-state index contributed by atoms with van der Waals surface area (Å²) in [5.74, 6) is 1.81. The first-order chi connectivity index (χ1) is 9.74. The maximum atomic E-state index is 5.60. The average molecular weight is 271 g/mol. The number of methoxy groups -OCH3 is 1. The minimum absolute atomic E-state index is 0.667. The van der Waals surface area contributed by atoms with Crippen LogP contribution in [0, 0.1) is 6.92 Å². The van der Waals surface area contributed by atoms with E-state index in [1.165, 1.54) is 5.56 Å². The number of nitrogens with one attached hydrogen (secondary N) is 1. The number of ether oxygens (including phenoxy) is 2. The molecule has 2 rings (SSSR count). The van der Waals surface area contributed by atoms with Crippen molar-refractivity contribution in [2.45, 2.75) is 20.4 Å². The first kappa shape index (κ1) is 14.3. The molecule has 0 spiro atoms. The lowest BCUT2D eigenvalue weighted by atomic mass is 10.1. The molecular formula is C17H21NO2. The fraction of sp³-hybridized carbons (Fsp3) is 0.294. The van der Waals surface area contributed by atoms with Gasteiger partial charge in [-0.1, -0.05) is 24.3 Å². The van der Waals surface area contributed by atoms with E-state index in [0.29, 0.717) is 6.61 Å². The van der Waals surface area contributed by atoms with Crippen molar-refractivity contribution in [3.8, 4) is 11.5 Å². The molecule has 0 aliphatic heterocycles. The van der Waals surface area contributed by atoms with Crippen molar-refractivity contribution < 1.29 is 9.47 Å². The predicted molar refractivity (Wildman–Crippen MR) is 82.7 cm³/mol. The van der Waals surface area contributed by atoms with Crippen LogP contribution in [0.1, 0.15) is 18.1 Å². The highest BCUT2D eigenvalue weighted by molar-refractivity contribution is 5.56. The number of para-hydroxylation sites is 2. The normalized spacial score (nSPS) is 10.2. The molecular weight excluding hydrogens is 250 g/mol. The van der Waals surface area contributed by atoms with Gasteiger partial charge in [0.1, 0.15) is 11.5 Å². The van der Waals surface area contributed by atoms with Gasteiger partial charge in [-0.25, -0.2) is 0 Å². The molecule has 2 aromatic rings. The number of anilines is 1. The van der Waals surface area contributed by atoms with E-state index in [4.69, 9.17) is 9.47 Å². The second kappa shape index (κ2) is 6.85. The summed E-state index contributed by atoms with van der Waals surface area (Å²) in [7, 11) is 1.69. The topological polar surface area (TPSA) is 30.5 Å². The van der Waals surface area contributed by atoms with Crippen LogP contribution in [0.2, 0.25) is 0 Å². The second-order valence-electron chi connectivity index (χ2n) is 4.59. The molecule has 20 heavy (non-hydrogen) atoms. The molecule has 0 saturated heterocycles. The molecule has 2 aromatic carbocycles. The molecule has 0 fully saturated rings. The molecule has 106 valence electrons. The number of hydrogen-bond acceptors (Lipinski definition) is 3. The summed E-state index contributed by atoms with van der Waals surface area (Å²) < 4.78 is 10.9. The molecule has 0 saturated carbocycles. The quantitative estimate of drug-likeness (QED) is 0.861. The Morgan fingerprint density at radius 2 is 1.85 bits per heavy atom. The van der Waals surface area contributed by atoms with Gasteiger partial charge >= 0.3 is 0 Å². The maximum absolute atomic E-state index is 5.60. The summed E-state index contributed by atoms with van der Waals surface area (Å²) in [6, 6.07) is 14.2. The molecule has 0 aromatic heterocycles. The molecule has 3 heteroatoms. The lowest BCUT2D eigenvalue weighted by molar-refractivity contribution is 0.341. The Morgan fingerprint density at radius 1 is 1.05 bits per heavy atom. The van der Waals surface area contributed by atoms with E-state index in [2.05, 4.69) is 24.4 Å². The molecule has 0 aliphatic rings. The third kappa shape index (κ3) is 3.44. The van der Waals surface area contributed by atoms with Gasteiger partial charge in [0.2, 0.25) is 0 Å². The first-order valence-corrected chi connectivity index (χ1v) is 6.83. The van der Waals surface area contributed by atoms with Crippen LogP contribution < -0.4 is 14.8 Å². The molecule has 3 nitrogen and oxygen atoms in total. The van der Waals surface area contributed by atoms with E-state index in [-0.39, 0.29) is 0 Å². The van der Waals surface area contributed by atoms with E-state index in [9.17, 15) is 0 Å². The zero-order valence-electron chi connectivity index (χ0n) is 12.3. The van der Waals surface area contributed by atoms with Gasteiger partial charge in [-0.2, -0.15) is 0 Å². The van der Waals surface area contributed by atoms with Gasteiger partial charge in [0.05, 0.1) is 19.4 Å². The highest BCUT2D eigenvalue weighted by Gasteiger charge is 2.03. The smallest absolute Gasteiger partial charge is 0.142 e. The van der Waals surface area contributed by atoms with E-state index in [0.717, 1.165) is 29.3 Å². The minimum atomic E-state index is 0.667. The fourth-order valence-electron chi connectivity index (χ4n) is 2.14. The third-order valence-corrected chi connectivity index (χ3v) is 3.13. The Balaban J connectivity index is 2.07. The molecule has 0 bridgehead atoms. The maximum Gasteiger partial charge on any atom is 0.142 e. The van der Waals surface area contributed by atoms with Crippen LogP contribution in [0.25, 0.3) is 0 Å². The highest BCUT2D eigenvalue weighted by Crippen LogP contribution is 2.25. The van der Waals surface area contributed by atoms with Crippen LogP contribution in [0.4, 0.5) is 5.69 Å². The van der Waals surface area contributed by atoms with Gasteiger partial charge < -0.3 is 14.8 Å². The van der Waals surface area contributed by atoms with Crippen molar-refractivity contribution in [3.05, 3.63) is 53.6 Å². The number of rotatable bonds is 6. The molecule has 0 atom stereocenters. The average Bonchev–Trinajstić information content (AvgIpc) is 2.47. The van der Waals surface area contributed by atoms with Crippen molar-refractivity contribution in [1.82, 2.24) is 0 Å². The van der Waals surface area contributed by atoms with E-state index < -0.39 is 0 Å². The zero-order valence-corrected chi connectivity index (χ0v) is 12.3. The standard InChI is InChI=1S/C17H21NO2/c1-4-20-17-8-6-5-7-15(17)18-12-14-9-10-16(19-3)13(2)11-14/h5-11,18H,4,12H2,1-3H3. The van der Waals surface area contributed by atoms with Crippen molar-refractivity contribution >= 4 is 5.69 Å². The Hall–Kier alpha value is -2.16. The first-order valence-electron chi connectivity index (χ1n) is 6.83. The lowest BCUT2D eigenvalue weighted by Gasteiger charge is -2.13. The van der Waals surface area contributed by atoms with E-state index in [1.54, 1.807) is 7.11 Å². The van der Waals surface area contributed by atoms with Crippen molar-refractivity contribution in [2.75, 3.05) is 19.0 Å². The minimum Gasteiger partial charge on any atom is -0.496 e. The highest BCUT2D eigenvalue weighted by atomic mass is 16.5. The molecule has 0 unspecified atom stereocenters. The van der Waals surface area contributed by atoms with Crippen molar-refractivity contribution in [1.29, 1.82) is 0 Å². The van der Waals surface area contributed by atoms with Crippen LogP contribution in [0.5, 0.6) is 11.5 Å². The van der Waals surface area contributed by atoms with Gasteiger partial charge in [0, 0.05) is 6.54 Å². The van der Waals surface area contributed by atoms with E-state index >= 15 is 0 Å². The van der Waals surface area contributed by atoms with Gasteiger partial charge in [-0.3, -0.25) is 0 Å². The molecule has 0 radical (unpaired) electrons. The van der Waals surface area contributed by atoms with Gasteiger partial charge in [-0.05, 0) is 43.2 Å². The van der Waals surface area contributed by atoms with Crippen molar-refractivity contribution in [3.63, 3.8) is 0 Å². The van der Waals surface area contributed by atoms with Gasteiger partial charge in [0.15, 0.2) is 0 Å². The zero-order chi connectivity index (χ0) is 14.4. The summed E-state index contributed by atoms with van der Waals surface area (Å²) in [4.78, 5) is 0. The Morgan fingerprint density at radius 3 is 2.55 bits per heavy atom. The van der Waals surface area contributed by atoms with Crippen LogP contribution in [-0.2, 0) is 6.54 Å². The summed E-state index contributed by atoms with van der Waals surface area (Å²) in [6.07, 6.45) is 0. The third-order valence-electron chi connectivity index (χ3n) is 3.13. The van der Waals surface area contributed by atoms with E-state index in [1.807, 2.05) is 37.3 Å². The predicted octanol–water partition coefficient (Wildman–Crippen LogP) is 4.01. The lowest BCUT2D eigenvalue weighted by Crippen LogP contribution is -2.03.